The zero-order valence-electron chi connectivity index (χ0n) is 10.2. The number of nitro benzene ring substituents is 1. The summed E-state index contributed by atoms with van der Waals surface area (Å²) in [5, 5.41) is 19.5. The Morgan fingerprint density at radius 1 is 1.33 bits per heavy atom. The molecule has 8 heteroatoms. The third-order valence-electron chi connectivity index (χ3n) is 2.49. The zero-order chi connectivity index (χ0) is 15.6. The van der Waals surface area contributed by atoms with Gasteiger partial charge >= 0.3 is 5.97 Å². The van der Waals surface area contributed by atoms with Gasteiger partial charge < -0.3 is 9.84 Å². The van der Waals surface area contributed by atoms with Crippen molar-refractivity contribution >= 4 is 23.3 Å². The van der Waals surface area contributed by atoms with Gasteiger partial charge in [0.1, 0.15) is 17.1 Å². The van der Waals surface area contributed by atoms with Gasteiger partial charge in [0.2, 0.25) is 0 Å². The number of non-ortho nitro benzene ring substituents is 1. The van der Waals surface area contributed by atoms with Gasteiger partial charge in [-0.3, -0.25) is 10.1 Å². The summed E-state index contributed by atoms with van der Waals surface area (Å²) in [6, 6.07) is 6.76. The molecule has 108 valence electrons. The van der Waals surface area contributed by atoms with Crippen LogP contribution in [0, 0.1) is 15.9 Å². The summed E-state index contributed by atoms with van der Waals surface area (Å²) < 4.78 is 18.3. The highest BCUT2D eigenvalue weighted by molar-refractivity contribution is 6.33. The van der Waals surface area contributed by atoms with Crippen LogP contribution < -0.4 is 4.74 Å². The number of carboxylic acid groups (broad SMARTS) is 1. The van der Waals surface area contributed by atoms with E-state index < -0.39 is 28.0 Å². The molecule has 0 aliphatic carbocycles. The second-order valence-electron chi connectivity index (χ2n) is 3.93. The fourth-order valence-electron chi connectivity index (χ4n) is 1.60. The highest BCUT2D eigenvalue weighted by atomic mass is 35.5. The van der Waals surface area contributed by atoms with Crippen LogP contribution in [0.4, 0.5) is 10.1 Å². The first-order chi connectivity index (χ1) is 9.88. The van der Waals surface area contributed by atoms with Gasteiger partial charge in [0.15, 0.2) is 5.75 Å². The lowest BCUT2D eigenvalue weighted by Gasteiger charge is -2.10. The molecule has 0 spiro atoms. The second kappa shape index (κ2) is 5.76. The van der Waals surface area contributed by atoms with Crippen LogP contribution in [0.25, 0.3) is 0 Å². The molecule has 0 aliphatic heterocycles. The van der Waals surface area contributed by atoms with E-state index in [-0.39, 0.29) is 16.5 Å². The summed E-state index contributed by atoms with van der Waals surface area (Å²) in [5.41, 5.74) is -0.970. The van der Waals surface area contributed by atoms with Crippen molar-refractivity contribution in [3.8, 4) is 11.5 Å². The summed E-state index contributed by atoms with van der Waals surface area (Å²) in [5.74, 6) is -2.30. The third kappa shape index (κ3) is 3.26. The van der Waals surface area contributed by atoms with Crippen molar-refractivity contribution in [2.75, 3.05) is 0 Å². The van der Waals surface area contributed by atoms with Crippen molar-refractivity contribution in [3.05, 3.63) is 62.9 Å². The summed E-state index contributed by atoms with van der Waals surface area (Å²) >= 11 is 5.83. The first-order valence-corrected chi connectivity index (χ1v) is 5.91. The molecular weight excluding hydrogens is 305 g/mol. The van der Waals surface area contributed by atoms with E-state index in [0.717, 1.165) is 18.2 Å². The van der Waals surface area contributed by atoms with Crippen LogP contribution in [0.2, 0.25) is 5.02 Å². The Labute approximate surface area is 122 Å². The molecular formula is C13H7ClFNO5. The number of halogens is 2. The van der Waals surface area contributed by atoms with Crippen molar-refractivity contribution in [1.82, 2.24) is 0 Å². The molecule has 0 aromatic heterocycles. The predicted octanol–water partition coefficient (Wildman–Crippen LogP) is 3.88. The van der Waals surface area contributed by atoms with Crippen LogP contribution in [0.5, 0.6) is 11.5 Å². The molecule has 0 radical (unpaired) electrons. The summed E-state index contributed by atoms with van der Waals surface area (Å²) in [4.78, 5) is 21.1. The molecule has 2 aromatic rings. The highest BCUT2D eigenvalue weighted by Gasteiger charge is 2.22. The molecule has 0 aliphatic rings. The number of benzene rings is 2. The van der Waals surface area contributed by atoms with Crippen LogP contribution in [0.1, 0.15) is 10.4 Å². The Morgan fingerprint density at radius 3 is 2.62 bits per heavy atom. The number of hydrogen-bond acceptors (Lipinski definition) is 4. The summed E-state index contributed by atoms with van der Waals surface area (Å²) in [6.07, 6.45) is 0. The Kier molecular flexibility index (Phi) is 4.04. The molecule has 0 bridgehead atoms. The molecule has 2 rings (SSSR count). The van der Waals surface area contributed by atoms with Gasteiger partial charge in [-0.2, -0.15) is 0 Å². The molecule has 6 nitrogen and oxygen atoms in total. The Bertz CT molecular complexity index is 734. The molecule has 0 atom stereocenters. The van der Waals surface area contributed by atoms with Crippen molar-refractivity contribution in [2.24, 2.45) is 0 Å². The van der Waals surface area contributed by atoms with Gasteiger partial charge in [-0.05, 0) is 12.1 Å². The van der Waals surface area contributed by atoms with Gasteiger partial charge in [-0.15, -0.1) is 0 Å². The van der Waals surface area contributed by atoms with Crippen LogP contribution in [-0.2, 0) is 0 Å². The fourth-order valence-corrected chi connectivity index (χ4v) is 1.85. The van der Waals surface area contributed by atoms with E-state index in [9.17, 15) is 19.3 Å². The average Bonchev–Trinajstić information content (AvgIpc) is 2.40. The standard InChI is InChI=1S/C13H7ClFNO5/c14-11-6-8(16(19)20)5-10(13(17)18)12(11)21-9-3-1-2-7(15)4-9/h1-6H,(H,17,18). The first kappa shape index (κ1) is 14.7. The number of rotatable bonds is 4. The first-order valence-electron chi connectivity index (χ1n) is 5.53. The summed E-state index contributed by atoms with van der Waals surface area (Å²) in [7, 11) is 0. The van der Waals surface area contributed by atoms with Gasteiger partial charge in [-0.1, -0.05) is 17.7 Å². The van der Waals surface area contributed by atoms with Crippen LogP contribution >= 0.6 is 11.6 Å². The largest absolute Gasteiger partial charge is 0.478 e. The topological polar surface area (TPSA) is 89.7 Å². The number of nitrogens with zero attached hydrogens (tertiary/aromatic N) is 1. The van der Waals surface area contributed by atoms with E-state index in [1.807, 2.05) is 0 Å². The minimum absolute atomic E-state index is 0.0215. The van der Waals surface area contributed by atoms with Crippen molar-refractivity contribution < 1.29 is 24.0 Å². The minimum Gasteiger partial charge on any atom is -0.478 e. The van der Waals surface area contributed by atoms with Gasteiger partial charge in [-0.25, -0.2) is 9.18 Å². The fraction of sp³-hybridized carbons (Fsp3) is 0. The molecule has 0 unspecified atom stereocenters. The van der Waals surface area contributed by atoms with E-state index >= 15 is 0 Å². The van der Waals surface area contributed by atoms with E-state index in [4.69, 9.17) is 21.4 Å². The molecule has 0 saturated carbocycles. The van der Waals surface area contributed by atoms with Crippen molar-refractivity contribution in [3.63, 3.8) is 0 Å². The van der Waals surface area contributed by atoms with Gasteiger partial charge in [0, 0.05) is 18.2 Å². The van der Waals surface area contributed by atoms with Crippen molar-refractivity contribution in [1.29, 1.82) is 0 Å². The predicted molar refractivity (Wildman–Crippen MR) is 71.5 cm³/mol. The average molecular weight is 312 g/mol. The highest BCUT2D eigenvalue weighted by Crippen LogP contribution is 2.36. The minimum atomic E-state index is -1.45. The van der Waals surface area contributed by atoms with Crippen LogP contribution in [0.15, 0.2) is 36.4 Å². The van der Waals surface area contributed by atoms with Crippen LogP contribution in [-0.4, -0.2) is 16.0 Å². The lowest BCUT2D eigenvalue weighted by atomic mass is 10.1. The third-order valence-corrected chi connectivity index (χ3v) is 2.77. The Balaban J connectivity index is 2.52. The molecule has 2 aromatic carbocycles. The smallest absolute Gasteiger partial charge is 0.339 e. The SMILES string of the molecule is O=C(O)c1cc([N+](=O)[O-])cc(Cl)c1Oc1cccc(F)c1. The Morgan fingerprint density at radius 2 is 2.05 bits per heavy atom. The monoisotopic (exact) mass is 311 g/mol. The molecule has 0 heterocycles. The molecule has 0 amide bonds. The maximum atomic E-state index is 13.1. The quantitative estimate of drug-likeness (QED) is 0.683. The number of aromatic carboxylic acids is 1. The number of carbonyl (C=O) groups is 1. The van der Waals surface area contributed by atoms with Gasteiger partial charge in [0.25, 0.3) is 5.69 Å². The molecule has 0 saturated heterocycles. The normalized spacial score (nSPS) is 10.2. The van der Waals surface area contributed by atoms with Crippen LogP contribution in [0.3, 0.4) is 0 Å². The molecule has 21 heavy (non-hydrogen) atoms. The zero-order valence-corrected chi connectivity index (χ0v) is 11.0. The number of carboxylic acids is 1. The van der Waals surface area contributed by atoms with Gasteiger partial charge in [0.05, 0.1) is 9.95 Å². The maximum Gasteiger partial charge on any atom is 0.339 e. The number of nitro groups is 1. The van der Waals surface area contributed by atoms with E-state index in [2.05, 4.69) is 0 Å². The van der Waals surface area contributed by atoms with Crippen molar-refractivity contribution in [2.45, 2.75) is 0 Å². The number of hydrogen-bond donors (Lipinski definition) is 1. The lowest BCUT2D eigenvalue weighted by molar-refractivity contribution is -0.384. The summed E-state index contributed by atoms with van der Waals surface area (Å²) in [6.45, 7) is 0. The number of ether oxygens (including phenoxy) is 1. The second-order valence-corrected chi connectivity index (χ2v) is 4.33. The maximum absolute atomic E-state index is 13.1. The van der Waals surface area contributed by atoms with E-state index in [1.165, 1.54) is 18.2 Å². The Hall–Kier alpha value is -2.67. The molecule has 0 fully saturated rings. The lowest BCUT2D eigenvalue weighted by Crippen LogP contribution is -2.02. The van der Waals surface area contributed by atoms with E-state index in [1.54, 1.807) is 0 Å². The van der Waals surface area contributed by atoms with E-state index in [0.29, 0.717) is 0 Å². The molecule has 1 N–H and O–H groups in total.